The summed E-state index contributed by atoms with van der Waals surface area (Å²) in [5.41, 5.74) is 3.68. The van der Waals surface area contributed by atoms with Gasteiger partial charge in [-0.15, -0.1) is 0 Å². The summed E-state index contributed by atoms with van der Waals surface area (Å²) in [6, 6.07) is 18.6. The van der Waals surface area contributed by atoms with Crippen molar-refractivity contribution in [2.45, 2.75) is 6.42 Å². The van der Waals surface area contributed by atoms with Crippen LogP contribution in [0.25, 0.3) is 0 Å². The van der Waals surface area contributed by atoms with E-state index in [4.69, 9.17) is 0 Å². The van der Waals surface area contributed by atoms with E-state index in [-0.39, 0.29) is 17.2 Å². The first kappa shape index (κ1) is 21.0. The van der Waals surface area contributed by atoms with Gasteiger partial charge in [-0.1, -0.05) is 18.2 Å². The second kappa shape index (κ2) is 8.50. The van der Waals surface area contributed by atoms with Crippen molar-refractivity contribution < 1.29 is 14.5 Å². The van der Waals surface area contributed by atoms with Crippen molar-refractivity contribution in [3.63, 3.8) is 0 Å². The van der Waals surface area contributed by atoms with Gasteiger partial charge in [0.2, 0.25) is 0 Å². The number of fused-ring (bicyclic) bond motifs is 1. The number of amides is 2. The van der Waals surface area contributed by atoms with Crippen molar-refractivity contribution in [1.29, 1.82) is 0 Å². The van der Waals surface area contributed by atoms with Crippen LogP contribution in [-0.2, 0) is 6.42 Å². The maximum absolute atomic E-state index is 13.0. The first-order valence-electron chi connectivity index (χ1n) is 10.1. The van der Waals surface area contributed by atoms with Gasteiger partial charge in [0.15, 0.2) is 0 Å². The summed E-state index contributed by atoms with van der Waals surface area (Å²) in [5, 5.41) is 13.9. The fourth-order valence-electron chi connectivity index (χ4n) is 3.81. The predicted octanol–water partition coefficient (Wildman–Crippen LogP) is 4.12. The second-order valence-corrected chi connectivity index (χ2v) is 7.72. The van der Waals surface area contributed by atoms with Crippen molar-refractivity contribution in [2.75, 3.05) is 35.8 Å². The van der Waals surface area contributed by atoms with E-state index in [1.807, 2.05) is 24.3 Å². The molecule has 162 valence electrons. The highest BCUT2D eigenvalue weighted by Crippen LogP contribution is 2.29. The molecule has 1 aliphatic rings. The number of hydrogen-bond acceptors (Lipinski definition) is 5. The van der Waals surface area contributed by atoms with Crippen LogP contribution in [-0.4, -0.2) is 37.4 Å². The van der Waals surface area contributed by atoms with Crippen molar-refractivity contribution in [3.8, 4) is 0 Å². The molecule has 1 N–H and O–H groups in total. The minimum Gasteiger partial charge on any atom is -0.377 e. The lowest BCUT2D eigenvalue weighted by atomic mass is 10.1. The van der Waals surface area contributed by atoms with Gasteiger partial charge in [0.25, 0.3) is 17.5 Å². The molecule has 1 aliphatic heterocycles. The van der Waals surface area contributed by atoms with Gasteiger partial charge in [0, 0.05) is 55.4 Å². The van der Waals surface area contributed by atoms with Crippen LogP contribution < -0.4 is 15.1 Å². The summed E-state index contributed by atoms with van der Waals surface area (Å²) in [5.74, 6) is -0.564. The highest BCUT2D eigenvalue weighted by Gasteiger charge is 2.25. The van der Waals surface area contributed by atoms with Crippen molar-refractivity contribution in [1.82, 2.24) is 0 Å². The number of anilines is 3. The van der Waals surface area contributed by atoms with E-state index in [2.05, 4.69) is 5.32 Å². The largest absolute Gasteiger partial charge is 0.377 e. The molecule has 1 heterocycles. The van der Waals surface area contributed by atoms with Gasteiger partial charge in [-0.25, -0.2) is 0 Å². The minimum absolute atomic E-state index is 0.0959. The zero-order valence-electron chi connectivity index (χ0n) is 17.7. The van der Waals surface area contributed by atoms with E-state index in [0.29, 0.717) is 23.5 Å². The molecule has 4 rings (SSSR count). The number of carbonyl (C=O) groups is 2. The van der Waals surface area contributed by atoms with Gasteiger partial charge >= 0.3 is 0 Å². The lowest BCUT2D eigenvalue weighted by molar-refractivity contribution is -0.384. The lowest BCUT2D eigenvalue weighted by Gasteiger charge is -2.18. The summed E-state index contributed by atoms with van der Waals surface area (Å²) in [6.07, 6.45) is 0.827. The number of non-ortho nitro benzene ring substituents is 1. The molecular formula is C24H22N4O4. The Kier molecular flexibility index (Phi) is 5.59. The maximum Gasteiger partial charge on any atom is 0.270 e. The fourth-order valence-corrected chi connectivity index (χ4v) is 3.81. The Morgan fingerprint density at radius 2 is 1.75 bits per heavy atom. The summed E-state index contributed by atoms with van der Waals surface area (Å²) in [6.45, 7) is 0.636. The third kappa shape index (κ3) is 4.02. The van der Waals surface area contributed by atoms with E-state index >= 15 is 0 Å². The second-order valence-electron chi connectivity index (χ2n) is 7.72. The number of nitrogens with zero attached hydrogens (tertiary/aromatic N) is 3. The molecule has 0 unspecified atom stereocenters. The highest BCUT2D eigenvalue weighted by atomic mass is 16.6. The average Bonchev–Trinajstić information content (AvgIpc) is 3.22. The molecule has 0 aliphatic carbocycles. The Morgan fingerprint density at radius 3 is 2.44 bits per heavy atom. The SMILES string of the molecule is CN(C)c1ccc([N+](=O)[O-])cc1C(=O)Nc1ccc(C(=O)N2CCc3ccccc32)cc1. The number of nitro benzene ring substituents is 1. The Morgan fingerprint density at radius 1 is 1.03 bits per heavy atom. The van der Waals surface area contributed by atoms with Gasteiger partial charge in [-0.05, 0) is 48.4 Å². The third-order valence-corrected chi connectivity index (χ3v) is 5.44. The molecule has 8 nitrogen and oxygen atoms in total. The van der Waals surface area contributed by atoms with Crippen LogP contribution in [0.4, 0.5) is 22.7 Å². The molecule has 8 heteroatoms. The normalized spacial score (nSPS) is 12.2. The van der Waals surface area contributed by atoms with Crippen LogP contribution in [0.5, 0.6) is 0 Å². The molecule has 0 bridgehead atoms. The first-order chi connectivity index (χ1) is 15.3. The average molecular weight is 430 g/mol. The molecule has 0 spiro atoms. The van der Waals surface area contributed by atoms with Crippen molar-refractivity contribution >= 4 is 34.6 Å². The van der Waals surface area contributed by atoms with Crippen LogP contribution in [0.1, 0.15) is 26.3 Å². The molecule has 3 aromatic rings. The molecule has 3 aromatic carbocycles. The van der Waals surface area contributed by atoms with Crippen molar-refractivity contribution in [3.05, 3.63) is 93.5 Å². The van der Waals surface area contributed by atoms with E-state index < -0.39 is 10.8 Å². The molecule has 0 radical (unpaired) electrons. The molecule has 0 fully saturated rings. The summed E-state index contributed by atoms with van der Waals surface area (Å²) < 4.78 is 0. The predicted molar refractivity (Wildman–Crippen MR) is 124 cm³/mol. The van der Waals surface area contributed by atoms with E-state index in [0.717, 1.165) is 17.7 Å². The van der Waals surface area contributed by atoms with E-state index in [1.165, 1.54) is 12.1 Å². The minimum atomic E-state index is -0.535. The van der Waals surface area contributed by atoms with Crippen LogP contribution in [0.2, 0.25) is 0 Å². The number of nitrogens with one attached hydrogen (secondary N) is 1. The Balaban J connectivity index is 1.52. The van der Waals surface area contributed by atoms with E-state index in [9.17, 15) is 19.7 Å². The molecule has 2 amide bonds. The summed E-state index contributed by atoms with van der Waals surface area (Å²) in [7, 11) is 3.52. The number of nitro groups is 1. The van der Waals surface area contributed by atoms with Crippen LogP contribution in [0.15, 0.2) is 66.7 Å². The summed E-state index contributed by atoms with van der Waals surface area (Å²) in [4.78, 5) is 39.9. The van der Waals surface area contributed by atoms with Crippen LogP contribution in [0.3, 0.4) is 0 Å². The lowest BCUT2D eigenvalue weighted by Crippen LogP contribution is -2.28. The van der Waals surface area contributed by atoms with Crippen LogP contribution >= 0.6 is 0 Å². The Bertz CT molecular complexity index is 1200. The topological polar surface area (TPSA) is 95.8 Å². The monoisotopic (exact) mass is 430 g/mol. The molecular weight excluding hydrogens is 408 g/mol. The van der Waals surface area contributed by atoms with Gasteiger partial charge in [-0.3, -0.25) is 19.7 Å². The number of rotatable bonds is 5. The Hall–Kier alpha value is -4.20. The fraction of sp³-hybridized carbons (Fsp3) is 0.167. The smallest absolute Gasteiger partial charge is 0.270 e. The van der Waals surface area contributed by atoms with Crippen molar-refractivity contribution in [2.24, 2.45) is 0 Å². The number of benzene rings is 3. The van der Waals surface area contributed by atoms with E-state index in [1.54, 1.807) is 54.2 Å². The molecule has 0 saturated heterocycles. The Labute approximate surface area is 185 Å². The van der Waals surface area contributed by atoms with Gasteiger partial charge in [0.1, 0.15) is 0 Å². The molecule has 32 heavy (non-hydrogen) atoms. The molecule has 0 saturated carbocycles. The van der Waals surface area contributed by atoms with Gasteiger partial charge in [-0.2, -0.15) is 0 Å². The highest BCUT2D eigenvalue weighted by molar-refractivity contribution is 6.10. The standard InChI is InChI=1S/C24H22N4O4/c1-26(2)22-12-11-19(28(31)32)15-20(22)23(29)25-18-9-7-17(8-10-18)24(30)27-14-13-16-5-3-4-6-21(16)27/h3-12,15H,13-14H2,1-2H3,(H,25,29). The number of carbonyl (C=O) groups excluding carboxylic acids is 2. The quantitative estimate of drug-likeness (QED) is 0.485. The molecule has 0 aromatic heterocycles. The van der Waals surface area contributed by atoms with Gasteiger partial charge < -0.3 is 15.1 Å². The first-order valence-corrected chi connectivity index (χ1v) is 10.1. The third-order valence-electron chi connectivity index (χ3n) is 5.44. The van der Waals surface area contributed by atoms with Gasteiger partial charge in [0.05, 0.1) is 10.5 Å². The maximum atomic E-state index is 13.0. The molecule has 0 atom stereocenters. The zero-order chi connectivity index (χ0) is 22.8. The number of para-hydroxylation sites is 1. The van der Waals surface area contributed by atoms with Crippen LogP contribution in [0, 0.1) is 10.1 Å². The zero-order valence-corrected chi connectivity index (χ0v) is 17.7. The summed E-state index contributed by atoms with van der Waals surface area (Å²) >= 11 is 0. The number of hydrogen-bond donors (Lipinski definition) is 1.